The molecule has 0 aliphatic carbocycles. The van der Waals surface area contributed by atoms with E-state index in [1.54, 1.807) is 12.1 Å². The molecule has 1 amide bonds. The zero-order chi connectivity index (χ0) is 15.5. The molecule has 1 N–H and O–H groups in total. The Morgan fingerprint density at radius 3 is 1.91 bits per heavy atom. The Balaban J connectivity index is 1.73. The van der Waals surface area contributed by atoms with E-state index in [1.165, 1.54) is 0 Å². The number of carbonyl (C=O) groups excluding carboxylic acids is 1. The fraction of sp³-hybridized carbons (Fsp3) is 0.278. The zero-order valence-electron chi connectivity index (χ0n) is 12.7. The Morgan fingerprint density at radius 2 is 1.36 bits per heavy atom. The highest BCUT2D eigenvalue weighted by Crippen LogP contribution is 2.22. The summed E-state index contributed by atoms with van der Waals surface area (Å²) in [5.41, 5.74) is 2.79. The molecule has 1 saturated heterocycles. The van der Waals surface area contributed by atoms with E-state index >= 15 is 0 Å². The number of amides is 1. The summed E-state index contributed by atoms with van der Waals surface area (Å²) in [6.07, 6.45) is 0. The number of likely N-dealkylation sites (N-methyl/N-ethyl adjacent to an activating group) is 1. The number of nitrogens with zero attached hydrogens (tertiary/aromatic N) is 2. The van der Waals surface area contributed by atoms with Crippen molar-refractivity contribution in [1.29, 1.82) is 0 Å². The molecule has 4 nitrogen and oxygen atoms in total. The van der Waals surface area contributed by atoms with Crippen LogP contribution in [0.4, 0.5) is 0 Å². The molecule has 0 unspecified atom stereocenters. The average Bonchev–Trinajstić information content (AvgIpc) is 2.56. The van der Waals surface area contributed by atoms with Gasteiger partial charge in [-0.05, 0) is 42.4 Å². The van der Waals surface area contributed by atoms with Gasteiger partial charge in [-0.15, -0.1) is 0 Å². The molecule has 0 spiro atoms. The standard InChI is InChI=1S/C18H20N2O2/c1-19-10-12-20(13-11-19)18(22)16-4-2-14(3-5-16)15-6-8-17(21)9-7-15/h2-9,21H,10-13H2,1H3. The van der Waals surface area contributed by atoms with Gasteiger partial charge in [-0.1, -0.05) is 24.3 Å². The molecule has 0 atom stereocenters. The van der Waals surface area contributed by atoms with Crippen LogP contribution in [-0.2, 0) is 0 Å². The van der Waals surface area contributed by atoms with Crippen LogP contribution in [-0.4, -0.2) is 54.0 Å². The van der Waals surface area contributed by atoms with Crippen LogP contribution in [0.5, 0.6) is 5.75 Å². The fourth-order valence-corrected chi connectivity index (χ4v) is 2.65. The second-order valence-electron chi connectivity index (χ2n) is 5.72. The minimum absolute atomic E-state index is 0.102. The van der Waals surface area contributed by atoms with Gasteiger partial charge in [0.05, 0.1) is 0 Å². The van der Waals surface area contributed by atoms with E-state index in [4.69, 9.17) is 0 Å². The van der Waals surface area contributed by atoms with E-state index in [-0.39, 0.29) is 11.7 Å². The van der Waals surface area contributed by atoms with Crippen molar-refractivity contribution >= 4 is 5.91 Å². The van der Waals surface area contributed by atoms with Gasteiger partial charge in [-0.25, -0.2) is 0 Å². The lowest BCUT2D eigenvalue weighted by Gasteiger charge is -2.32. The minimum atomic E-state index is 0.102. The summed E-state index contributed by atoms with van der Waals surface area (Å²) in [4.78, 5) is 16.6. The number of phenols is 1. The second kappa shape index (κ2) is 6.20. The summed E-state index contributed by atoms with van der Waals surface area (Å²) in [6.45, 7) is 3.43. The molecular weight excluding hydrogens is 276 g/mol. The molecule has 1 heterocycles. The summed E-state index contributed by atoms with van der Waals surface area (Å²) in [6, 6.07) is 14.7. The maximum absolute atomic E-state index is 12.5. The number of benzene rings is 2. The minimum Gasteiger partial charge on any atom is -0.508 e. The van der Waals surface area contributed by atoms with E-state index in [0.29, 0.717) is 0 Å². The van der Waals surface area contributed by atoms with Crippen LogP contribution in [0.15, 0.2) is 48.5 Å². The quantitative estimate of drug-likeness (QED) is 0.926. The summed E-state index contributed by atoms with van der Waals surface area (Å²) < 4.78 is 0. The van der Waals surface area contributed by atoms with Gasteiger partial charge < -0.3 is 14.9 Å². The normalized spacial score (nSPS) is 15.8. The van der Waals surface area contributed by atoms with Crippen LogP contribution < -0.4 is 0 Å². The summed E-state index contributed by atoms with van der Waals surface area (Å²) in [7, 11) is 2.08. The molecule has 1 fully saturated rings. The van der Waals surface area contributed by atoms with Gasteiger partial charge in [-0.3, -0.25) is 4.79 Å². The van der Waals surface area contributed by atoms with Crippen molar-refractivity contribution in [3.63, 3.8) is 0 Å². The SMILES string of the molecule is CN1CCN(C(=O)c2ccc(-c3ccc(O)cc3)cc2)CC1. The van der Waals surface area contributed by atoms with Gasteiger partial charge in [0.15, 0.2) is 0 Å². The number of hydrogen-bond acceptors (Lipinski definition) is 3. The molecule has 4 heteroatoms. The Kier molecular flexibility index (Phi) is 4.11. The number of aromatic hydroxyl groups is 1. The molecule has 1 aliphatic rings. The maximum atomic E-state index is 12.5. The van der Waals surface area contributed by atoms with Gasteiger partial charge in [0.2, 0.25) is 0 Å². The third kappa shape index (κ3) is 3.12. The molecule has 0 aromatic heterocycles. The Hall–Kier alpha value is -2.33. The van der Waals surface area contributed by atoms with Crippen molar-refractivity contribution < 1.29 is 9.90 Å². The van der Waals surface area contributed by atoms with Gasteiger partial charge >= 0.3 is 0 Å². The van der Waals surface area contributed by atoms with Gasteiger partial charge in [-0.2, -0.15) is 0 Å². The van der Waals surface area contributed by atoms with Crippen LogP contribution in [0.2, 0.25) is 0 Å². The summed E-state index contributed by atoms with van der Waals surface area (Å²) in [5.74, 6) is 0.357. The van der Waals surface area contributed by atoms with Crippen LogP contribution in [0, 0.1) is 0 Å². The van der Waals surface area contributed by atoms with E-state index in [2.05, 4.69) is 11.9 Å². The third-order valence-electron chi connectivity index (χ3n) is 4.12. The van der Waals surface area contributed by atoms with Crippen molar-refractivity contribution in [3.8, 4) is 16.9 Å². The largest absolute Gasteiger partial charge is 0.508 e. The Bertz CT molecular complexity index is 642. The number of hydrogen-bond donors (Lipinski definition) is 1. The predicted molar refractivity (Wildman–Crippen MR) is 86.9 cm³/mol. The first-order valence-corrected chi connectivity index (χ1v) is 7.51. The molecule has 2 aromatic carbocycles. The molecule has 22 heavy (non-hydrogen) atoms. The van der Waals surface area contributed by atoms with Gasteiger partial charge in [0.1, 0.15) is 5.75 Å². The maximum Gasteiger partial charge on any atom is 0.253 e. The highest BCUT2D eigenvalue weighted by Gasteiger charge is 2.20. The van der Waals surface area contributed by atoms with Crippen molar-refractivity contribution in [2.24, 2.45) is 0 Å². The van der Waals surface area contributed by atoms with Crippen molar-refractivity contribution in [1.82, 2.24) is 9.80 Å². The van der Waals surface area contributed by atoms with E-state index in [1.807, 2.05) is 41.3 Å². The lowest BCUT2D eigenvalue weighted by atomic mass is 10.0. The van der Waals surface area contributed by atoms with E-state index in [0.717, 1.165) is 42.9 Å². The number of phenolic OH excluding ortho intramolecular Hbond substituents is 1. The topological polar surface area (TPSA) is 43.8 Å². The van der Waals surface area contributed by atoms with Gasteiger partial charge in [0, 0.05) is 31.7 Å². The molecule has 0 radical (unpaired) electrons. The predicted octanol–water partition coefficient (Wildman–Crippen LogP) is 2.45. The zero-order valence-corrected chi connectivity index (χ0v) is 12.7. The molecule has 0 saturated carbocycles. The third-order valence-corrected chi connectivity index (χ3v) is 4.12. The number of piperazine rings is 1. The van der Waals surface area contributed by atoms with Crippen molar-refractivity contribution in [2.45, 2.75) is 0 Å². The molecule has 0 bridgehead atoms. The number of rotatable bonds is 2. The highest BCUT2D eigenvalue weighted by molar-refractivity contribution is 5.94. The first-order chi connectivity index (χ1) is 10.6. The molecular formula is C18H20N2O2. The van der Waals surface area contributed by atoms with E-state index < -0.39 is 0 Å². The average molecular weight is 296 g/mol. The molecule has 1 aliphatic heterocycles. The highest BCUT2D eigenvalue weighted by atomic mass is 16.3. The first kappa shape index (κ1) is 14.6. The lowest BCUT2D eigenvalue weighted by molar-refractivity contribution is 0.0664. The van der Waals surface area contributed by atoms with Gasteiger partial charge in [0.25, 0.3) is 5.91 Å². The molecule has 3 rings (SSSR count). The summed E-state index contributed by atoms with van der Waals surface area (Å²) in [5, 5.41) is 9.33. The first-order valence-electron chi connectivity index (χ1n) is 7.51. The monoisotopic (exact) mass is 296 g/mol. The molecule has 114 valence electrons. The smallest absolute Gasteiger partial charge is 0.253 e. The van der Waals surface area contributed by atoms with Crippen LogP contribution in [0.1, 0.15) is 10.4 Å². The van der Waals surface area contributed by atoms with Crippen molar-refractivity contribution in [3.05, 3.63) is 54.1 Å². The Morgan fingerprint density at radius 1 is 0.864 bits per heavy atom. The second-order valence-corrected chi connectivity index (χ2v) is 5.72. The fourth-order valence-electron chi connectivity index (χ4n) is 2.65. The van der Waals surface area contributed by atoms with Crippen LogP contribution in [0.25, 0.3) is 11.1 Å². The molecule has 2 aromatic rings. The van der Waals surface area contributed by atoms with Crippen LogP contribution in [0.3, 0.4) is 0 Å². The lowest BCUT2D eigenvalue weighted by Crippen LogP contribution is -2.47. The van der Waals surface area contributed by atoms with Crippen LogP contribution >= 0.6 is 0 Å². The van der Waals surface area contributed by atoms with E-state index in [9.17, 15) is 9.90 Å². The number of carbonyl (C=O) groups is 1. The Labute approximate surface area is 130 Å². The summed E-state index contributed by atoms with van der Waals surface area (Å²) >= 11 is 0. The van der Waals surface area contributed by atoms with Crippen molar-refractivity contribution in [2.75, 3.05) is 33.2 Å².